The zero-order chi connectivity index (χ0) is 16.3. The molecule has 120 valence electrons. The minimum Gasteiger partial charge on any atom is -0.444 e. The average Bonchev–Trinajstić information content (AvgIpc) is 2.45. The summed E-state index contributed by atoms with van der Waals surface area (Å²) in [4.78, 5) is 30.8. The van der Waals surface area contributed by atoms with Crippen LogP contribution in [-0.2, 0) is 4.74 Å². The maximum absolute atomic E-state index is 12.8. The first-order chi connectivity index (χ1) is 10.3. The maximum atomic E-state index is 12.8. The Balaban J connectivity index is 2.21. The highest BCUT2D eigenvalue weighted by Gasteiger charge is 2.35. The highest BCUT2D eigenvalue weighted by Crippen LogP contribution is 2.24. The van der Waals surface area contributed by atoms with Crippen molar-refractivity contribution in [1.82, 2.24) is 9.88 Å². The van der Waals surface area contributed by atoms with Crippen LogP contribution in [0.4, 0.5) is 4.79 Å². The first-order valence-electron chi connectivity index (χ1n) is 7.74. The lowest BCUT2D eigenvalue weighted by Gasteiger charge is -2.36. The Morgan fingerprint density at radius 1 is 1.32 bits per heavy atom. The Morgan fingerprint density at radius 2 is 2.05 bits per heavy atom. The van der Waals surface area contributed by atoms with Crippen molar-refractivity contribution in [3.8, 4) is 0 Å². The quantitative estimate of drug-likeness (QED) is 0.786. The number of carbonyl (C=O) groups is 2. The van der Waals surface area contributed by atoms with Crippen molar-refractivity contribution < 1.29 is 14.3 Å². The lowest BCUT2D eigenvalue weighted by molar-refractivity contribution is 0.0104. The summed E-state index contributed by atoms with van der Waals surface area (Å²) in [6.07, 6.45) is 5.35. The second-order valence-electron chi connectivity index (χ2n) is 6.74. The molecule has 0 bridgehead atoms. The molecule has 0 saturated carbocycles. The number of rotatable bonds is 2. The van der Waals surface area contributed by atoms with Gasteiger partial charge in [0, 0.05) is 24.5 Å². The predicted octanol–water partition coefficient (Wildman–Crippen LogP) is 3.36. The molecule has 22 heavy (non-hydrogen) atoms. The molecule has 0 unspecified atom stereocenters. The second kappa shape index (κ2) is 6.46. The number of amides is 1. The molecule has 2 heterocycles. The summed E-state index contributed by atoms with van der Waals surface area (Å²) in [5.74, 6) is -0.0452. The molecule has 0 N–H and O–H groups in total. The van der Waals surface area contributed by atoms with E-state index < -0.39 is 17.7 Å². The van der Waals surface area contributed by atoms with E-state index in [0.29, 0.717) is 18.5 Å². The summed E-state index contributed by atoms with van der Waals surface area (Å²) >= 11 is 0. The summed E-state index contributed by atoms with van der Waals surface area (Å²) < 4.78 is 5.44. The third-order valence-electron chi connectivity index (χ3n) is 3.74. The van der Waals surface area contributed by atoms with Crippen LogP contribution in [0.2, 0.25) is 0 Å². The van der Waals surface area contributed by atoms with Crippen molar-refractivity contribution in [3.63, 3.8) is 0 Å². The molecular formula is C17H24N2O3. The van der Waals surface area contributed by atoms with Crippen LogP contribution in [0.15, 0.2) is 18.5 Å². The lowest BCUT2D eigenvalue weighted by atomic mass is 9.93. The van der Waals surface area contributed by atoms with Crippen LogP contribution in [0.3, 0.4) is 0 Å². The van der Waals surface area contributed by atoms with Gasteiger partial charge in [-0.3, -0.25) is 14.7 Å². The number of ketones is 1. The van der Waals surface area contributed by atoms with Crippen molar-refractivity contribution in [1.29, 1.82) is 0 Å². The van der Waals surface area contributed by atoms with E-state index in [1.165, 1.54) is 0 Å². The van der Waals surface area contributed by atoms with Gasteiger partial charge in [-0.15, -0.1) is 0 Å². The maximum Gasteiger partial charge on any atom is 0.410 e. The molecule has 1 fully saturated rings. The van der Waals surface area contributed by atoms with Gasteiger partial charge in [0.2, 0.25) is 0 Å². The molecule has 1 amide bonds. The van der Waals surface area contributed by atoms with Gasteiger partial charge in [0.15, 0.2) is 5.78 Å². The molecular weight excluding hydrogens is 280 g/mol. The number of aromatic nitrogens is 1. The zero-order valence-electron chi connectivity index (χ0n) is 13.8. The number of nitrogens with zero attached hydrogens (tertiary/aromatic N) is 2. The minimum absolute atomic E-state index is 0.0452. The van der Waals surface area contributed by atoms with Crippen LogP contribution in [0, 0.1) is 6.92 Å². The fourth-order valence-electron chi connectivity index (χ4n) is 2.64. The van der Waals surface area contributed by atoms with Crippen LogP contribution < -0.4 is 0 Å². The van der Waals surface area contributed by atoms with Gasteiger partial charge in [-0.25, -0.2) is 4.79 Å². The second-order valence-corrected chi connectivity index (χ2v) is 6.74. The van der Waals surface area contributed by atoms with Gasteiger partial charge in [-0.2, -0.15) is 0 Å². The van der Waals surface area contributed by atoms with Crippen molar-refractivity contribution in [2.45, 2.75) is 58.6 Å². The number of hydrogen-bond donors (Lipinski definition) is 0. The van der Waals surface area contributed by atoms with Gasteiger partial charge in [0.1, 0.15) is 5.60 Å². The molecule has 5 nitrogen and oxygen atoms in total. The highest BCUT2D eigenvalue weighted by atomic mass is 16.6. The Labute approximate surface area is 131 Å². The Kier molecular flexibility index (Phi) is 4.84. The third kappa shape index (κ3) is 3.84. The molecule has 1 atom stereocenters. The molecule has 1 aromatic rings. The Morgan fingerprint density at radius 3 is 2.68 bits per heavy atom. The van der Waals surface area contributed by atoms with E-state index in [-0.39, 0.29) is 5.78 Å². The number of hydrogen-bond acceptors (Lipinski definition) is 4. The summed E-state index contributed by atoms with van der Waals surface area (Å²) in [6.45, 7) is 7.94. The molecule has 2 rings (SSSR count). The van der Waals surface area contributed by atoms with E-state index in [4.69, 9.17) is 4.74 Å². The van der Waals surface area contributed by atoms with Crippen LogP contribution in [-0.4, -0.2) is 39.9 Å². The van der Waals surface area contributed by atoms with Crippen LogP contribution in [0.5, 0.6) is 0 Å². The summed E-state index contributed by atoms with van der Waals surface area (Å²) in [5, 5.41) is 0. The molecule has 1 aliphatic heterocycles. The molecule has 0 radical (unpaired) electrons. The van der Waals surface area contributed by atoms with Crippen molar-refractivity contribution in [2.24, 2.45) is 0 Å². The number of ether oxygens (including phenoxy) is 1. The number of pyridine rings is 1. The molecule has 0 aliphatic carbocycles. The van der Waals surface area contributed by atoms with Gasteiger partial charge < -0.3 is 4.74 Å². The van der Waals surface area contributed by atoms with Crippen molar-refractivity contribution in [3.05, 3.63) is 29.6 Å². The van der Waals surface area contributed by atoms with Gasteiger partial charge in [0.25, 0.3) is 0 Å². The lowest BCUT2D eigenvalue weighted by Crippen LogP contribution is -2.49. The highest BCUT2D eigenvalue weighted by molar-refractivity contribution is 6.02. The van der Waals surface area contributed by atoms with Gasteiger partial charge in [-0.1, -0.05) is 0 Å². The SMILES string of the molecule is Cc1ccncc1C(=O)[C@@H]1CCCCN1C(=O)OC(C)(C)C. The standard InChI is InChI=1S/C17H24N2O3/c1-12-8-9-18-11-13(12)15(20)14-7-5-6-10-19(14)16(21)22-17(2,3)4/h8-9,11,14H,5-7,10H2,1-4H3/t14-/m0/s1. The largest absolute Gasteiger partial charge is 0.444 e. The smallest absolute Gasteiger partial charge is 0.410 e. The molecule has 5 heteroatoms. The number of Topliss-reactive ketones (excluding diaryl/α,β-unsaturated/α-hetero) is 1. The number of aryl methyl sites for hydroxylation is 1. The average molecular weight is 304 g/mol. The summed E-state index contributed by atoms with van der Waals surface area (Å²) in [7, 11) is 0. The van der Waals surface area contributed by atoms with E-state index in [9.17, 15) is 9.59 Å². The first kappa shape index (κ1) is 16.5. The fourth-order valence-corrected chi connectivity index (χ4v) is 2.64. The number of carbonyl (C=O) groups excluding carboxylic acids is 2. The topological polar surface area (TPSA) is 59.5 Å². The Hall–Kier alpha value is -1.91. The van der Waals surface area contributed by atoms with E-state index in [0.717, 1.165) is 18.4 Å². The summed E-state index contributed by atoms with van der Waals surface area (Å²) in [5.41, 5.74) is 0.907. The molecule has 1 aromatic heterocycles. The molecule has 1 saturated heterocycles. The predicted molar refractivity (Wildman–Crippen MR) is 83.9 cm³/mol. The van der Waals surface area contributed by atoms with Crippen LogP contribution >= 0.6 is 0 Å². The van der Waals surface area contributed by atoms with E-state index in [1.54, 1.807) is 17.3 Å². The van der Waals surface area contributed by atoms with Gasteiger partial charge >= 0.3 is 6.09 Å². The van der Waals surface area contributed by atoms with Crippen molar-refractivity contribution >= 4 is 11.9 Å². The van der Waals surface area contributed by atoms with E-state index in [1.807, 2.05) is 33.8 Å². The van der Waals surface area contributed by atoms with E-state index >= 15 is 0 Å². The number of likely N-dealkylation sites (tertiary alicyclic amines) is 1. The Bertz CT molecular complexity index is 563. The first-order valence-corrected chi connectivity index (χ1v) is 7.74. The zero-order valence-corrected chi connectivity index (χ0v) is 13.8. The van der Waals surface area contributed by atoms with Gasteiger partial charge in [-0.05, 0) is 58.6 Å². The normalized spacial score (nSPS) is 18.9. The molecule has 0 aromatic carbocycles. The number of piperidine rings is 1. The van der Waals surface area contributed by atoms with Gasteiger partial charge in [0.05, 0.1) is 6.04 Å². The fraction of sp³-hybridized carbons (Fsp3) is 0.588. The van der Waals surface area contributed by atoms with Crippen molar-refractivity contribution in [2.75, 3.05) is 6.54 Å². The monoisotopic (exact) mass is 304 g/mol. The van der Waals surface area contributed by atoms with Crippen LogP contribution in [0.25, 0.3) is 0 Å². The van der Waals surface area contributed by atoms with Crippen LogP contribution in [0.1, 0.15) is 56.0 Å². The summed E-state index contributed by atoms with van der Waals surface area (Å²) in [6, 6.07) is 1.36. The molecule has 0 spiro atoms. The molecule has 1 aliphatic rings. The van der Waals surface area contributed by atoms with E-state index in [2.05, 4.69) is 4.98 Å². The minimum atomic E-state index is -0.563. The third-order valence-corrected chi connectivity index (χ3v) is 3.74.